The molecule has 162 valence electrons. The fourth-order valence-corrected chi connectivity index (χ4v) is 4.52. The molecule has 0 unspecified atom stereocenters. The Kier molecular flexibility index (Phi) is 4.99. The summed E-state index contributed by atoms with van der Waals surface area (Å²) in [7, 11) is -3.91. The van der Waals surface area contributed by atoms with Gasteiger partial charge < -0.3 is 9.84 Å². The first-order chi connectivity index (χ1) is 15.4. The Hall–Kier alpha value is -3.56. The first-order valence-corrected chi connectivity index (χ1v) is 11.7. The second-order valence-corrected chi connectivity index (χ2v) is 9.31. The molecule has 1 aliphatic rings. The average molecular weight is 449 g/mol. The van der Waals surface area contributed by atoms with Crippen LogP contribution in [0, 0.1) is 0 Å². The SMILES string of the molecule is NS(=O)(=O)c1ccccc1CNC(=O)c1cc(-c2ccccc2)nc2onc(C3CC3)c12. The van der Waals surface area contributed by atoms with E-state index in [1.165, 1.54) is 6.07 Å². The van der Waals surface area contributed by atoms with Gasteiger partial charge in [-0.1, -0.05) is 53.7 Å². The molecule has 1 amide bonds. The van der Waals surface area contributed by atoms with E-state index in [9.17, 15) is 13.2 Å². The van der Waals surface area contributed by atoms with Crippen LogP contribution in [0.15, 0.2) is 70.1 Å². The maximum absolute atomic E-state index is 13.3. The lowest BCUT2D eigenvalue weighted by Gasteiger charge is -2.11. The van der Waals surface area contributed by atoms with Gasteiger partial charge in [-0.15, -0.1) is 0 Å². The van der Waals surface area contributed by atoms with Crippen LogP contribution in [0.2, 0.25) is 0 Å². The van der Waals surface area contributed by atoms with Crippen LogP contribution < -0.4 is 10.5 Å². The van der Waals surface area contributed by atoms with Crippen LogP contribution in [0.3, 0.4) is 0 Å². The molecule has 8 nitrogen and oxygen atoms in total. The highest BCUT2D eigenvalue weighted by molar-refractivity contribution is 7.89. The molecule has 1 fully saturated rings. The number of hydrogen-bond donors (Lipinski definition) is 2. The third-order valence-corrected chi connectivity index (χ3v) is 6.48. The Morgan fingerprint density at radius 2 is 1.81 bits per heavy atom. The molecular formula is C23H20N4O4S. The molecule has 0 bridgehead atoms. The van der Waals surface area contributed by atoms with Gasteiger partial charge in [0.2, 0.25) is 10.0 Å². The number of nitrogens with two attached hydrogens (primary N) is 1. The second-order valence-electron chi connectivity index (χ2n) is 7.78. The highest BCUT2D eigenvalue weighted by atomic mass is 32.2. The first-order valence-electron chi connectivity index (χ1n) is 10.2. The minimum atomic E-state index is -3.91. The first kappa shape index (κ1) is 20.3. The molecular weight excluding hydrogens is 428 g/mol. The maximum Gasteiger partial charge on any atom is 0.259 e. The molecule has 32 heavy (non-hydrogen) atoms. The maximum atomic E-state index is 13.3. The van der Waals surface area contributed by atoms with Crippen molar-refractivity contribution in [1.29, 1.82) is 0 Å². The number of primary sulfonamides is 1. The van der Waals surface area contributed by atoms with Gasteiger partial charge in [-0.05, 0) is 30.5 Å². The molecule has 4 aromatic rings. The van der Waals surface area contributed by atoms with Gasteiger partial charge in [-0.25, -0.2) is 18.5 Å². The number of fused-ring (bicyclic) bond motifs is 1. The standard InChI is InChI=1S/C23H20N4O4S/c24-32(29,30)19-9-5-4-8-16(19)13-25-22(28)17-12-18(14-6-2-1-3-7-14)26-23-20(17)21(27-31-23)15-10-11-15/h1-9,12,15H,10-11,13H2,(H,25,28)(H2,24,29,30). The highest BCUT2D eigenvalue weighted by Crippen LogP contribution is 2.43. The number of sulfonamides is 1. The largest absolute Gasteiger partial charge is 0.348 e. The molecule has 1 aliphatic carbocycles. The summed E-state index contributed by atoms with van der Waals surface area (Å²) >= 11 is 0. The van der Waals surface area contributed by atoms with Crippen LogP contribution in [0.5, 0.6) is 0 Å². The summed E-state index contributed by atoms with van der Waals surface area (Å²) in [4.78, 5) is 17.8. The highest BCUT2D eigenvalue weighted by Gasteiger charge is 2.32. The van der Waals surface area contributed by atoms with Crippen molar-refractivity contribution < 1.29 is 17.7 Å². The molecule has 2 aromatic heterocycles. The zero-order valence-electron chi connectivity index (χ0n) is 17.0. The monoisotopic (exact) mass is 448 g/mol. The molecule has 0 atom stereocenters. The lowest BCUT2D eigenvalue weighted by Crippen LogP contribution is -2.25. The second kappa shape index (κ2) is 7.85. The van der Waals surface area contributed by atoms with Crippen LogP contribution in [0.4, 0.5) is 0 Å². The molecule has 0 radical (unpaired) electrons. The smallest absolute Gasteiger partial charge is 0.259 e. The Bertz CT molecular complexity index is 1430. The predicted molar refractivity (Wildman–Crippen MR) is 118 cm³/mol. The number of pyridine rings is 1. The third-order valence-electron chi connectivity index (χ3n) is 5.47. The van der Waals surface area contributed by atoms with Crippen molar-refractivity contribution in [3.63, 3.8) is 0 Å². The van der Waals surface area contributed by atoms with Gasteiger partial charge in [-0.3, -0.25) is 4.79 Å². The Morgan fingerprint density at radius 1 is 1.09 bits per heavy atom. The molecule has 0 aliphatic heterocycles. The summed E-state index contributed by atoms with van der Waals surface area (Å²) in [6, 6.07) is 17.5. The molecule has 3 N–H and O–H groups in total. The van der Waals surface area contributed by atoms with Crippen molar-refractivity contribution in [2.45, 2.75) is 30.2 Å². The van der Waals surface area contributed by atoms with Crippen molar-refractivity contribution in [2.75, 3.05) is 0 Å². The van der Waals surface area contributed by atoms with E-state index in [2.05, 4.69) is 15.5 Å². The minimum absolute atomic E-state index is 0.0000346. The molecule has 0 saturated heterocycles. The summed E-state index contributed by atoms with van der Waals surface area (Å²) in [6.45, 7) is -0.0000346. The average Bonchev–Trinajstić information content (AvgIpc) is 3.55. The van der Waals surface area contributed by atoms with E-state index in [-0.39, 0.29) is 23.3 Å². The van der Waals surface area contributed by atoms with Crippen molar-refractivity contribution in [3.05, 3.63) is 77.5 Å². The van der Waals surface area contributed by atoms with Gasteiger partial charge in [0, 0.05) is 18.0 Å². The zero-order chi connectivity index (χ0) is 22.3. The zero-order valence-corrected chi connectivity index (χ0v) is 17.8. The summed E-state index contributed by atoms with van der Waals surface area (Å²) < 4.78 is 29.2. The number of nitrogens with zero attached hydrogens (tertiary/aromatic N) is 2. The number of nitrogens with one attached hydrogen (secondary N) is 1. The quantitative estimate of drug-likeness (QED) is 0.465. The van der Waals surface area contributed by atoms with Gasteiger partial charge in [-0.2, -0.15) is 0 Å². The van der Waals surface area contributed by atoms with Gasteiger partial charge >= 0.3 is 0 Å². The van der Waals surface area contributed by atoms with Gasteiger partial charge in [0.05, 0.1) is 27.2 Å². The summed E-state index contributed by atoms with van der Waals surface area (Å²) in [5.74, 6) is -0.112. The number of amides is 1. The number of carbonyl (C=O) groups is 1. The van der Waals surface area contributed by atoms with Crippen molar-refractivity contribution in [3.8, 4) is 11.3 Å². The normalized spacial score (nSPS) is 13.9. The predicted octanol–water partition coefficient (Wildman–Crippen LogP) is 3.34. The number of hydrogen-bond acceptors (Lipinski definition) is 6. The summed E-state index contributed by atoms with van der Waals surface area (Å²) in [6.07, 6.45) is 1.98. The van der Waals surface area contributed by atoms with Gasteiger partial charge in [0.1, 0.15) is 0 Å². The molecule has 0 spiro atoms. The minimum Gasteiger partial charge on any atom is -0.348 e. The molecule has 5 rings (SSSR count). The number of carbonyl (C=O) groups excluding carboxylic acids is 1. The molecule has 2 aromatic carbocycles. The summed E-state index contributed by atoms with van der Waals surface area (Å²) in [5, 5.41) is 12.9. The third kappa shape index (κ3) is 3.88. The van der Waals surface area contributed by atoms with E-state index < -0.39 is 10.0 Å². The Labute approximate surface area is 184 Å². The van der Waals surface area contributed by atoms with Crippen LogP contribution in [-0.4, -0.2) is 24.5 Å². The summed E-state index contributed by atoms with van der Waals surface area (Å²) in [5.41, 5.74) is 3.28. The van der Waals surface area contributed by atoms with E-state index in [0.29, 0.717) is 27.9 Å². The van der Waals surface area contributed by atoms with E-state index >= 15 is 0 Å². The number of aromatic nitrogens is 2. The van der Waals surface area contributed by atoms with E-state index in [1.54, 1.807) is 24.3 Å². The Balaban J connectivity index is 1.54. The van der Waals surface area contributed by atoms with Gasteiger partial charge in [0.15, 0.2) is 0 Å². The molecule has 2 heterocycles. The lowest BCUT2D eigenvalue weighted by molar-refractivity contribution is 0.0952. The molecule has 1 saturated carbocycles. The van der Waals surface area contributed by atoms with Crippen molar-refractivity contribution in [2.24, 2.45) is 5.14 Å². The number of rotatable bonds is 6. The van der Waals surface area contributed by atoms with Crippen molar-refractivity contribution >= 4 is 27.0 Å². The van der Waals surface area contributed by atoms with E-state index in [1.807, 2.05) is 30.3 Å². The lowest BCUT2D eigenvalue weighted by atomic mass is 10.0. The fraction of sp³-hybridized carbons (Fsp3) is 0.174. The van der Waals surface area contributed by atoms with Crippen LogP contribution >= 0.6 is 0 Å². The van der Waals surface area contributed by atoms with Crippen LogP contribution in [-0.2, 0) is 16.6 Å². The van der Waals surface area contributed by atoms with Crippen molar-refractivity contribution in [1.82, 2.24) is 15.5 Å². The molecule has 9 heteroatoms. The fourth-order valence-electron chi connectivity index (χ4n) is 3.74. The topological polar surface area (TPSA) is 128 Å². The van der Waals surface area contributed by atoms with Crippen LogP contribution in [0.25, 0.3) is 22.4 Å². The Morgan fingerprint density at radius 3 is 2.53 bits per heavy atom. The van der Waals surface area contributed by atoms with Crippen LogP contribution in [0.1, 0.15) is 40.4 Å². The number of benzene rings is 2. The van der Waals surface area contributed by atoms with E-state index in [4.69, 9.17) is 9.66 Å². The van der Waals surface area contributed by atoms with E-state index in [0.717, 1.165) is 24.1 Å². The van der Waals surface area contributed by atoms with Gasteiger partial charge in [0.25, 0.3) is 11.6 Å².